The Balaban J connectivity index is 1.88. The van der Waals surface area contributed by atoms with Gasteiger partial charge in [-0.05, 0) is 36.6 Å². The molecule has 1 heterocycles. The van der Waals surface area contributed by atoms with E-state index in [9.17, 15) is 13.9 Å². The number of aliphatic hydroxyl groups excluding tert-OH is 1. The lowest BCUT2D eigenvalue weighted by Crippen LogP contribution is -2.32. The van der Waals surface area contributed by atoms with E-state index in [0.29, 0.717) is 6.42 Å². The number of fused-ring (bicyclic) bond motifs is 1. The molecule has 1 aliphatic heterocycles. The van der Waals surface area contributed by atoms with Crippen LogP contribution in [0.2, 0.25) is 0 Å². The van der Waals surface area contributed by atoms with Crippen molar-refractivity contribution in [1.82, 2.24) is 0 Å². The highest BCUT2D eigenvalue weighted by Gasteiger charge is 2.29. The van der Waals surface area contributed by atoms with Crippen LogP contribution in [0.15, 0.2) is 42.5 Å². The van der Waals surface area contributed by atoms with Crippen molar-refractivity contribution in [2.45, 2.75) is 25.0 Å². The Bertz CT molecular complexity index is 609. The molecule has 20 heavy (non-hydrogen) atoms. The second-order valence-corrected chi connectivity index (χ2v) is 5.03. The topological polar surface area (TPSA) is 32.3 Å². The van der Waals surface area contributed by atoms with Crippen LogP contribution in [-0.2, 0) is 6.42 Å². The molecular formula is C16H15F2NO. The van der Waals surface area contributed by atoms with Crippen LogP contribution in [0, 0.1) is 11.6 Å². The molecule has 0 bridgehead atoms. The summed E-state index contributed by atoms with van der Waals surface area (Å²) in [7, 11) is 0. The number of hydrogen-bond donors (Lipinski definition) is 2. The Morgan fingerprint density at radius 2 is 1.75 bits per heavy atom. The highest BCUT2D eigenvalue weighted by Crippen LogP contribution is 2.32. The van der Waals surface area contributed by atoms with E-state index in [-0.39, 0.29) is 5.56 Å². The van der Waals surface area contributed by atoms with Gasteiger partial charge in [0.05, 0.1) is 11.6 Å². The van der Waals surface area contributed by atoms with Crippen molar-refractivity contribution in [2.75, 3.05) is 5.32 Å². The van der Waals surface area contributed by atoms with Crippen LogP contribution in [0.5, 0.6) is 0 Å². The molecular weight excluding hydrogens is 260 g/mol. The van der Waals surface area contributed by atoms with Crippen molar-refractivity contribution in [1.29, 1.82) is 0 Å². The second kappa shape index (κ2) is 5.21. The summed E-state index contributed by atoms with van der Waals surface area (Å²) in [6.07, 6.45) is 0.206. The van der Waals surface area contributed by atoms with Crippen molar-refractivity contribution >= 4 is 5.69 Å². The van der Waals surface area contributed by atoms with Gasteiger partial charge in [0.15, 0.2) is 0 Å². The minimum absolute atomic E-state index is 0.260. The Labute approximate surface area is 116 Å². The molecule has 3 rings (SSSR count). The third-order valence-electron chi connectivity index (χ3n) is 3.76. The molecule has 2 aromatic carbocycles. The maximum Gasteiger partial charge on any atom is 0.132 e. The first-order chi connectivity index (χ1) is 9.66. The van der Waals surface area contributed by atoms with Gasteiger partial charge in [0.25, 0.3) is 0 Å². The molecule has 2 N–H and O–H groups in total. The van der Waals surface area contributed by atoms with E-state index in [1.54, 1.807) is 0 Å². The zero-order valence-corrected chi connectivity index (χ0v) is 10.8. The Morgan fingerprint density at radius 3 is 2.50 bits per heavy atom. The van der Waals surface area contributed by atoms with Gasteiger partial charge in [0, 0.05) is 5.69 Å². The van der Waals surface area contributed by atoms with Crippen molar-refractivity contribution in [3.05, 3.63) is 65.2 Å². The quantitative estimate of drug-likeness (QED) is 0.880. The monoisotopic (exact) mass is 275 g/mol. The van der Waals surface area contributed by atoms with Crippen LogP contribution >= 0.6 is 0 Å². The second-order valence-electron chi connectivity index (χ2n) is 5.03. The Hall–Kier alpha value is -1.94. The van der Waals surface area contributed by atoms with Crippen molar-refractivity contribution in [3.8, 4) is 0 Å². The molecule has 104 valence electrons. The summed E-state index contributed by atoms with van der Waals surface area (Å²) in [5.74, 6) is -1.42. The smallest absolute Gasteiger partial charge is 0.132 e. The molecule has 2 nitrogen and oxygen atoms in total. The first kappa shape index (κ1) is 13.1. The fourth-order valence-electron chi connectivity index (χ4n) is 2.69. The molecule has 0 saturated heterocycles. The number of rotatable bonds is 2. The van der Waals surface area contributed by atoms with Crippen LogP contribution in [-0.4, -0.2) is 11.1 Å². The predicted octanol–water partition coefficient (Wildman–Crippen LogP) is 3.43. The molecule has 0 aromatic heterocycles. The summed E-state index contributed by atoms with van der Waals surface area (Å²) < 4.78 is 27.4. The maximum atomic E-state index is 13.7. The molecule has 2 unspecified atom stereocenters. The summed E-state index contributed by atoms with van der Waals surface area (Å²) in [6, 6.07) is 11.0. The third kappa shape index (κ3) is 2.27. The SMILES string of the molecule is OC(c1c(F)cccc1F)C1CCc2ccccc2N1. The fourth-order valence-corrected chi connectivity index (χ4v) is 2.69. The normalized spacial score (nSPS) is 19.1. The van der Waals surface area contributed by atoms with Gasteiger partial charge in [-0.15, -0.1) is 0 Å². The number of benzene rings is 2. The minimum atomic E-state index is -1.20. The van der Waals surface area contributed by atoms with E-state index >= 15 is 0 Å². The summed E-state index contributed by atoms with van der Waals surface area (Å²) in [6.45, 7) is 0. The fraction of sp³-hybridized carbons (Fsp3) is 0.250. The molecule has 2 aromatic rings. The summed E-state index contributed by atoms with van der Waals surface area (Å²) in [4.78, 5) is 0. The average molecular weight is 275 g/mol. The van der Waals surface area contributed by atoms with Gasteiger partial charge < -0.3 is 10.4 Å². The number of hydrogen-bond acceptors (Lipinski definition) is 2. The molecule has 4 heteroatoms. The number of halogens is 2. The lowest BCUT2D eigenvalue weighted by atomic mass is 9.91. The van der Waals surface area contributed by atoms with Crippen LogP contribution < -0.4 is 5.32 Å². The molecule has 0 saturated carbocycles. The maximum absolute atomic E-state index is 13.7. The third-order valence-corrected chi connectivity index (χ3v) is 3.76. The summed E-state index contributed by atoms with van der Waals surface area (Å²) in [5, 5.41) is 13.5. The lowest BCUT2D eigenvalue weighted by molar-refractivity contribution is 0.140. The minimum Gasteiger partial charge on any atom is -0.386 e. The van der Waals surface area contributed by atoms with E-state index in [1.165, 1.54) is 18.2 Å². The van der Waals surface area contributed by atoms with Gasteiger partial charge >= 0.3 is 0 Å². The van der Waals surface area contributed by atoms with E-state index in [0.717, 1.165) is 17.7 Å². The van der Waals surface area contributed by atoms with E-state index in [4.69, 9.17) is 0 Å². The van der Waals surface area contributed by atoms with Crippen molar-refractivity contribution in [2.24, 2.45) is 0 Å². The van der Waals surface area contributed by atoms with Gasteiger partial charge in [-0.25, -0.2) is 8.78 Å². The van der Waals surface area contributed by atoms with E-state index < -0.39 is 23.8 Å². The lowest BCUT2D eigenvalue weighted by Gasteiger charge is -2.31. The number of anilines is 1. The number of aryl methyl sites for hydroxylation is 1. The largest absolute Gasteiger partial charge is 0.386 e. The Kier molecular flexibility index (Phi) is 3.40. The standard InChI is InChI=1S/C16H15F2NO/c17-11-5-3-6-12(18)15(11)16(20)14-9-8-10-4-1-2-7-13(10)19-14/h1-7,14,16,19-20H,8-9H2. The molecule has 2 atom stereocenters. The van der Waals surface area contributed by atoms with Crippen molar-refractivity contribution in [3.63, 3.8) is 0 Å². The Morgan fingerprint density at radius 1 is 1.05 bits per heavy atom. The van der Waals surface area contributed by atoms with E-state index in [2.05, 4.69) is 5.32 Å². The number of nitrogens with one attached hydrogen (secondary N) is 1. The molecule has 1 aliphatic rings. The number of aliphatic hydroxyl groups is 1. The van der Waals surface area contributed by atoms with Crippen LogP contribution in [0.1, 0.15) is 23.7 Å². The number of para-hydroxylation sites is 1. The van der Waals surface area contributed by atoms with Gasteiger partial charge in [-0.3, -0.25) is 0 Å². The molecule has 0 aliphatic carbocycles. The molecule has 0 amide bonds. The van der Waals surface area contributed by atoms with Crippen molar-refractivity contribution < 1.29 is 13.9 Å². The summed E-state index contributed by atoms with van der Waals surface area (Å²) >= 11 is 0. The van der Waals surface area contributed by atoms with Gasteiger partial charge in [0.2, 0.25) is 0 Å². The highest BCUT2D eigenvalue weighted by molar-refractivity contribution is 5.54. The molecule has 0 spiro atoms. The van der Waals surface area contributed by atoms with Gasteiger partial charge in [-0.1, -0.05) is 24.3 Å². The first-order valence-corrected chi connectivity index (χ1v) is 6.63. The zero-order chi connectivity index (χ0) is 14.1. The van der Waals surface area contributed by atoms with Gasteiger partial charge in [-0.2, -0.15) is 0 Å². The van der Waals surface area contributed by atoms with E-state index in [1.807, 2.05) is 24.3 Å². The van der Waals surface area contributed by atoms with Crippen LogP contribution in [0.25, 0.3) is 0 Å². The molecule has 0 radical (unpaired) electrons. The molecule has 0 fully saturated rings. The first-order valence-electron chi connectivity index (χ1n) is 6.63. The van der Waals surface area contributed by atoms with Crippen LogP contribution in [0.4, 0.5) is 14.5 Å². The zero-order valence-electron chi connectivity index (χ0n) is 10.8. The van der Waals surface area contributed by atoms with Gasteiger partial charge in [0.1, 0.15) is 17.7 Å². The van der Waals surface area contributed by atoms with Crippen LogP contribution in [0.3, 0.4) is 0 Å². The predicted molar refractivity (Wildman–Crippen MR) is 73.5 cm³/mol. The average Bonchev–Trinajstić information content (AvgIpc) is 2.46. The highest BCUT2D eigenvalue weighted by atomic mass is 19.1. The summed E-state index contributed by atoms with van der Waals surface area (Å²) in [5.41, 5.74) is 1.81.